The Morgan fingerprint density at radius 2 is 1.72 bits per heavy atom. The minimum atomic E-state index is -4.65. The van der Waals surface area contributed by atoms with Crippen LogP contribution in [0.25, 0.3) is 0 Å². The van der Waals surface area contributed by atoms with Gasteiger partial charge in [0.2, 0.25) is 5.91 Å². The summed E-state index contributed by atoms with van der Waals surface area (Å²) in [5.41, 5.74) is 3.79. The molecule has 1 aromatic carbocycles. The normalized spacial score (nSPS) is 25.6. The van der Waals surface area contributed by atoms with Crippen LogP contribution in [0.5, 0.6) is 0 Å². The van der Waals surface area contributed by atoms with Crippen molar-refractivity contribution >= 4 is 25.6 Å². The van der Waals surface area contributed by atoms with Crippen LogP contribution in [-0.4, -0.2) is 50.6 Å². The smallest absolute Gasteiger partial charge is 0.352 e. The molecule has 7 nitrogen and oxygen atoms in total. The van der Waals surface area contributed by atoms with Gasteiger partial charge in [0, 0.05) is 6.04 Å². The van der Waals surface area contributed by atoms with Crippen molar-refractivity contribution in [2.45, 2.75) is 66.9 Å². The highest BCUT2D eigenvalue weighted by Crippen LogP contribution is 2.44. The summed E-state index contributed by atoms with van der Waals surface area (Å²) in [6.07, 6.45) is -3.96. The van der Waals surface area contributed by atoms with Gasteiger partial charge in [0.05, 0.1) is 32.3 Å². The number of amides is 1. The van der Waals surface area contributed by atoms with Gasteiger partial charge in [-0.15, -0.1) is 0 Å². The first-order valence-electron chi connectivity index (χ1n) is 10.2. The summed E-state index contributed by atoms with van der Waals surface area (Å²) >= 11 is 0. The van der Waals surface area contributed by atoms with E-state index >= 15 is 0 Å². The molecule has 3 N–H and O–H groups in total. The number of rotatable bonds is 5. The predicted octanol–water partition coefficient (Wildman–Crippen LogP) is 2.06. The number of benzene rings is 1. The van der Waals surface area contributed by atoms with Crippen molar-refractivity contribution in [2.75, 3.05) is 11.5 Å². The van der Waals surface area contributed by atoms with Crippen LogP contribution in [-0.2, 0) is 30.6 Å². The van der Waals surface area contributed by atoms with Crippen molar-refractivity contribution in [3.63, 3.8) is 0 Å². The van der Waals surface area contributed by atoms with E-state index in [0.29, 0.717) is 18.9 Å². The summed E-state index contributed by atoms with van der Waals surface area (Å²) in [6, 6.07) is 3.35. The van der Waals surface area contributed by atoms with Gasteiger partial charge in [-0.05, 0) is 63.6 Å². The molecule has 32 heavy (non-hydrogen) atoms. The molecule has 1 aromatic rings. The first-order chi connectivity index (χ1) is 14.5. The minimum absolute atomic E-state index is 0.0206. The van der Waals surface area contributed by atoms with Gasteiger partial charge in [-0.3, -0.25) is 4.79 Å². The van der Waals surface area contributed by atoms with E-state index < -0.39 is 52.5 Å². The molecule has 2 fully saturated rings. The zero-order chi connectivity index (χ0) is 24.2. The van der Waals surface area contributed by atoms with Gasteiger partial charge in [-0.1, -0.05) is 6.07 Å². The molecule has 2 aliphatic rings. The quantitative estimate of drug-likeness (QED) is 0.643. The average molecular weight is 497 g/mol. The Bertz CT molecular complexity index is 1090. The standard InChI is InChI=1S/C20H27F3N2O5S2/c1-18(2,32(29,30)16-5-3-4-13(12-16)20(21,22)23)14-10-15(11-14)25-17(26)19(24)6-8-31(27,28)9-7-19/h3-5,12,14-15H,6-11,24H2,1-2H3,(H,25,26)/t14-,15+. The van der Waals surface area contributed by atoms with E-state index in [1.165, 1.54) is 13.8 Å². The van der Waals surface area contributed by atoms with Gasteiger partial charge in [0.25, 0.3) is 0 Å². The molecule has 180 valence electrons. The van der Waals surface area contributed by atoms with E-state index in [0.717, 1.165) is 18.2 Å². The molecule has 0 bridgehead atoms. The van der Waals surface area contributed by atoms with Crippen molar-refractivity contribution in [2.24, 2.45) is 11.7 Å². The number of hydrogen-bond donors (Lipinski definition) is 2. The van der Waals surface area contributed by atoms with Crippen LogP contribution < -0.4 is 11.1 Å². The molecule has 0 unspecified atom stereocenters. The maximum absolute atomic E-state index is 13.1. The third-order valence-corrected chi connectivity index (χ3v) is 11.0. The van der Waals surface area contributed by atoms with Crippen molar-refractivity contribution < 1.29 is 34.8 Å². The molecule has 0 atom stereocenters. The average Bonchev–Trinajstić information content (AvgIpc) is 2.65. The van der Waals surface area contributed by atoms with Crippen LogP contribution in [0.3, 0.4) is 0 Å². The largest absolute Gasteiger partial charge is 0.416 e. The molecule has 1 aliphatic carbocycles. The Labute approximate surface area is 185 Å². The Hall–Kier alpha value is -1.66. The first-order valence-corrected chi connectivity index (χ1v) is 13.5. The summed E-state index contributed by atoms with van der Waals surface area (Å²) < 4.78 is 87.1. The molecule has 1 saturated carbocycles. The molecule has 1 heterocycles. The van der Waals surface area contributed by atoms with Crippen molar-refractivity contribution in [1.29, 1.82) is 0 Å². The molecular formula is C20H27F3N2O5S2. The highest BCUT2D eigenvalue weighted by atomic mass is 32.2. The molecule has 0 spiro atoms. The highest BCUT2D eigenvalue weighted by Gasteiger charge is 2.50. The van der Waals surface area contributed by atoms with Gasteiger partial charge >= 0.3 is 6.18 Å². The Morgan fingerprint density at radius 1 is 1.16 bits per heavy atom. The van der Waals surface area contributed by atoms with Gasteiger partial charge in [0.15, 0.2) is 9.84 Å². The zero-order valence-corrected chi connectivity index (χ0v) is 19.4. The van der Waals surface area contributed by atoms with E-state index in [4.69, 9.17) is 5.73 Å². The molecule has 1 saturated heterocycles. The van der Waals surface area contributed by atoms with E-state index in [1.54, 1.807) is 0 Å². The minimum Gasteiger partial charge on any atom is -0.352 e. The van der Waals surface area contributed by atoms with Gasteiger partial charge in [0.1, 0.15) is 9.84 Å². The van der Waals surface area contributed by atoms with Crippen LogP contribution in [0.4, 0.5) is 13.2 Å². The van der Waals surface area contributed by atoms with E-state index in [2.05, 4.69) is 5.32 Å². The third kappa shape index (κ3) is 4.67. The summed E-state index contributed by atoms with van der Waals surface area (Å²) in [5, 5.41) is 2.77. The fourth-order valence-corrected chi connectivity index (χ4v) is 7.46. The molecule has 0 aromatic heterocycles. The molecule has 12 heteroatoms. The monoisotopic (exact) mass is 496 g/mol. The van der Waals surface area contributed by atoms with Crippen LogP contribution >= 0.6 is 0 Å². The third-order valence-electron chi connectivity index (χ3n) is 6.79. The van der Waals surface area contributed by atoms with Crippen LogP contribution in [0.1, 0.15) is 45.1 Å². The lowest BCUT2D eigenvalue weighted by Crippen LogP contribution is -2.62. The summed E-state index contributed by atoms with van der Waals surface area (Å²) in [7, 11) is -7.27. The Balaban J connectivity index is 1.66. The second-order valence-electron chi connectivity index (χ2n) is 9.28. The molecule has 3 rings (SSSR count). The number of halogens is 3. The second-order valence-corrected chi connectivity index (χ2v) is 14.1. The summed E-state index contributed by atoms with van der Waals surface area (Å²) in [4.78, 5) is 12.2. The lowest BCUT2D eigenvalue weighted by molar-refractivity contribution is -0.137. The first kappa shape index (κ1) is 25.0. The van der Waals surface area contributed by atoms with E-state index in [-0.39, 0.29) is 36.3 Å². The maximum Gasteiger partial charge on any atom is 0.416 e. The van der Waals surface area contributed by atoms with Crippen LogP contribution in [0.15, 0.2) is 29.2 Å². The Kier molecular flexibility index (Phi) is 6.23. The van der Waals surface area contributed by atoms with Gasteiger partial charge in [-0.25, -0.2) is 16.8 Å². The number of sulfone groups is 2. The number of nitrogens with one attached hydrogen (secondary N) is 1. The van der Waals surface area contributed by atoms with E-state index in [9.17, 15) is 34.8 Å². The molecular weight excluding hydrogens is 469 g/mol. The fourth-order valence-electron chi connectivity index (χ4n) is 4.12. The number of alkyl halides is 3. The number of hydrogen-bond acceptors (Lipinski definition) is 6. The number of nitrogens with two attached hydrogens (primary N) is 1. The fraction of sp³-hybridized carbons (Fsp3) is 0.650. The SMILES string of the molecule is CC(C)([C@H]1C[C@@H](NC(=O)C2(N)CCS(=O)(=O)CC2)C1)S(=O)(=O)c1cccc(C(F)(F)F)c1. The van der Waals surface area contributed by atoms with Crippen molar-refractivity contribution in [3.8, 4) is 0 Å². The van der Waals surface area contributed by atoms with Crippen LogP contribution in [0, 0.1) is 5.92 Å². The van der Waals surface area contributed by atoms with Crippen molar-refractivity contribution in [3.05, 3.63) is 29.8 Å². The maximum atomic E-state index is 13.1. The van der Waals surface area contributed by atoms with E-state index in [1.807, 2.05) is 0 Å². The van der Waals surface area contributed by atoms with Gasteiger partial charge in [-0.2, -0.15) is 13.2 Å². The molecule has 1 aliphatic heterocycles. The molecule has 0 radical (unpaired) electrons. The topological polar surface area (TPSA) is 123 Å². The number of carbonyl (C=O) groups is 1. The van der Waals surface area contributed by atoms with Crippen molar-refractivity contribution in [1.82, 2.24) is 5.32 Å². The highest BCUT2D eigenvalue weighted by molar-refractivity contribution is 7.92. The lowest BCUT2D eigenvalue weighted by atomic mass is 9.72. The summed E-state index contributed by atoms with van der Waals surface area (Å²) in [5.74, 6) is -1.17. The van der Waals surface area contributed by atoms with Crippen LogP contribution in [0.2, 0.25) is 0 Å². The lowest BCUT2D eigenvalue weighted by Gasteiger charge is -2.46. The zero-order valence-electron chi connectivity index (χ0n) is 17.8. The summed E-state index contributed by atoms with van der Waals surface area (Å²) in [6.45, 7) is 2.95. The number of carbonyl (C=O) groups excluding carboxylic acids is 1. The predicted molar refractivity (Wildman–Crippen MR) is 112 cm³/mol. The second kappa shape index (κ2) is 7.98. The molecule has 1 amide bonds. The van der Waals surface area contributed by atoms with Gasteiger partial charge < -0.3 is 11.1 Å². The Morgan fingerprint density at radius 3 is 2.25 bits per heavy atom.